The number of hydrogen-bond acceptors (Lipinski definition) is 5. The van der Waals surface area contributed by atoms with Crippen molar-refractivity contribution in [3.05, 3.63) is 0 Å². The Labute approximate surface area is 121 Å². The fourth-order valence-electron chi connectivity index (χ4n) is 1.92. The van der Waals surface area contributed by atoms with Crippen LogP contribution in [0.15, 0.2) is 0 Å². The molecule has 0 aliphatic carbocycles. The minimum Gasteiger partial charge on any atom is -0.355 e. The van der Waals surface area contributed by atoms with Crippen LogP contribution in [0.3, 0.4) is 0 Å². The quantitative estimate of drug-likeness (QED) is 0.628. The lowest BCUT2D eigenvalue weighted by Gasteiger charge is -2.31. The molecule has 1 rings (SSSR count). The minimum atomic E-state index is -3.31. The van der Waals surface area contributed by atoms with Crippen LogP contribution in [0.25, 0.3) is 0 Å². The summed E-state index contributed by atoms with van der Waals surface area (Å²) in [4.78, 5) is 15.6. The topological polar surface area (TPSA) is 73.0 Å². The van der Waals surface area contributed by atoms with E-state index in [1.165, 1.54) is 4.31 Å². The Morgan fingerprint density at radius 1 is 1.20 bits per heavy atom. The van der Waals surface area contributed by atoms with Crippen molar-refractivity contribution >= 4 is 15.9 Å². The van der Waals surface area contributed by atoms with Gasteiger partial charge in [0, 0.05) is 45.7 Å². The van der Waals surface area contributed by atoms with E-state index in [9.17, 15) is 13.2 Å². The van der Waals surface area contributed by atoms with Crippen molar-refractivity contribution in [1.82, 2.24) is 19.4 Å². The molecule has 0 unspecified atom stereocenters. The van der Waals surface area contributed by atoms with E-state index in [-0.39, 0.29) is 18.1 Å². The van der Waals surface area contributed by atoms with Gasteiger partial charge in [-0.05, 0) is 21.1 Å². The predicted molar refractivity (Wildman–Crippen MR) is 79.0 cm³/mol. The van der Waals surface area contributed by atoms with Crippen LogP contribution in [0.1, 0.15) is 6.42 Å². The third-order valence-corrected chi connectivity index (χ3v) is 5.20. The Morgan fingerprint density at radius 3 is 2.35 bits per heavy atom. The highest BCUT2D eigenvalue weighted by Crippen LogP contribution is 2.07. The first-order chi connectivity index (χ1) is 9.31. The number of nitrogens with one attached hydrogen (secondary N) is 1. The third-order valence-electron chi connectivity index (χ3n) is 3.32. The number of rotatable bonds is 7. The summed E-state index contributed by atoms with van der Waals surface area (Å²) in [5.41, 5.74) is 0. The van der Waals surface area contributed by atoms with Crippen LogP contribution in [-0.2, 0) is 14.8 Å². The molecule has 1 N–H and O–H groups in total. The van der Waals surface area contributed by atoms with Gasteiger partial charge in [-0.1, -0.05) is 0 Å². The van der Waals surface area contributed by atoms with Crippen LogP contribution in [0.4, 0.5) is 0 Å². The van der Waals surface area contributed by atoms with Crippen LogP contribution < -0.4 is 5.32 Å². The molecule has 0 atom stereocenters. The maximum absolute atomic E-state index is 12.1. The first kappa shape index (κ1) is 17.4. The van der Waals surface area contributed by atoms with Gasteiger partial charge in [-0.15, -0.1) is 0 Å². The lowest BCUT2D eigenvalue weighted by molar-refractivity contribution is -0.120. The van der Waals surface area contributed by atoms with Gasteiger partial charge in [0.25, 0.3) is 0 Å². The molecule has 1 fully saturated rings. The lowest BCUT2D eigenvalue weighted by atomic mass is 10.4. The second-order valence-corrected chi connectivity index (χ2v) is 7.51. The Kier molecular flexibility index (Phi) is 6.87. The van der Waals surface area contributed by atoms with Gasteiger partial charge in [0.2, 0.25) is 15.9 Å². The van der Waals surface area contributed by atoms with Crippen molar-refractivity contribution in [1.29, 1.82) is 0 Å². The zero-order valence-electron chi connectivity index (χ0n) is 12.6. The maximum atomic E-state index is 12.1. The molecule has 20 heavy (non-hydrogen) atoms. The maximum Gasteiger partial charge on any atom is 0.221 e. The van der Waals surface area contributed by atoms with Crippen molar-refractivity contribution in [2.45, 2.75) is 6.42 Å². The molecule has 118 valence electrons. The Balaban J connectivity index is 2.30. The molecule has 8 heteroatoms. The summed E-state index contributed by atoms with van der Waals surface area (Å²) in [6.45, 7) is 3.81. The Morgan fingerprint density at radius 2 is 1.80 bits per heavy atom. The number of piperazine rings is 1. The summed E-state index contributed by atoms with van der Waals surface area (Å²) >= 11 is 0. The predicted octanol–water partition coefficient (Wildman–Crippen LogP) is -1.37. The van der Waals surface area contributed by atoms with E-state index in [0.717, 1.165) is 19.6 Å². The standard InChI is InChI=1S/C12H26N4O3S/c1-14(2)6-5-13-12(17)4-11-20(18,19)16-9-7-15(3)8-10-16/h4-11H2,1-3H3,(H,13,17). The summed E-state index contributed by atoms with van der Waals surface area (Å²) in [7, 11) is 2.51. The van der Waals surface area contributed by atoms with Crippen LogP contribution in [0.2, 0.25) is 0 Å². The number of nitrogens with zero attached hydrogens (tertiary/aromatic N) is 3. The number of carbonyl (C=O) groups is 1. The fraction of sp³-hybridized carbons (Fsp3) is 0.917. The monoisotopic (exact) mass is 306 g/mol. The van der Waals surface area contributed by atoms with Gasteiger partial charge in [0.05, 0.1) is 5.75 Å². The van der Waals surface area contributed by atoms with Crippen molar-refractivity contribution in [3.63, 3.8) is 0 Å². The number of carbonyl (C=O) groups excluding carboxylic acids is 1. The molecular weight excluding hydrogens is 280 g/mol. The zero-order valence-corrected chi connectivity index (χ0v) is 13.4. The third kappa shape index (κ3) is 6.17. The second kappa shape index (κ2) is 7.92. The van der Waals surface area contributed by atoms with Gasteiger partial charge in [-0.25, -0.2) is 8.42 Å². The SMILES string of the molecule is CN(C)CCNC(=O)CCS(=O)(=O)N1CCN(C)CC1. The van der Waals surface area contributed by atoms with Crippen LogP contribution >= 0.6 is 0 Å². The van der Waals surface area contributed by atoms with E-state index in [0.29, 0.717) is 19.6 Å². The molecule has 0 radical (unpaired) electrons. The van der Waals surface area contributed by atoms with Crippen molar-refractivity contribution < 1.29 is 13.2 Å². The molecule has 1 aliphatic rings. The summed E-state index contributed by atoms with van der Waals surface area (Å²) in [6, 6.07) is 0. The number of sulfonamides is 1. The highest BCUT2D eigenvalue weighted by Gasteiger charge is 2.25. The van der Waals surface area contributed by atoms with E-state index in [1.807, 2.05) is 26.0 Å². The normalized spacial score (nSPS) is 18.4. The highest BCUT2D eigenvalue weighted by molar-refractivity contribution is 7.89. The molecular formula is C12H26N4O3S. The van der Waals surface area contributed by atoms with E-state index in [1.54, 1.807) is 0 Å². The largest absolute Gasteiger partial charge is 0.355 e. The first-order valence-corrected chi connectivity index (χ1v) is 8.50. The van der Waals surface area contributed by atoms with E-state index < -0.39 is 10.0 Å². The van der Waals surface area contributed by atoms with Gasteiger partial charge >= 0.3 is 0 Å². The molecule has 1 saturated heterocycles. The molecule has 1 aliphatic heterocycles. The summed E-state index contributed by atoms with van der Waals surface area (Å²) < 4.78 is 25.7. The van der Waals surface area contributed by atoms with Crippen LogP contribution in [0.5, 0.6) is 0 Å². The summed E-state index contributed by atoms with van der Waals surface area (Å²) in [5.74, 6) is -0.311. The molecule has 0 saturated carbocycles. The molecule has 0 aromatic carbocycles. The van der Waals surface area contributed by atoms with Crippen LogP contribution in [0, 0.1) is 0 Å². The number of amides is 1. The molecule has 0 bridgehead atoms. The second-order valence-electron chi connectivity index (χ2n) is 5.42. The van der Waals surface area contributed by atoms with Gasteiger partial charge in [0.15, 0.2) is 0 Å². The molecule has 7 nitrogen and oxygen atoms in total. The number of likely N-dealkylation sites (N-methyl/N-ethyl adjacent to an activating group) is 2. The molecule has 1 heterocycles. The number of hydrogen-bond donors (Lipinski definition) is 1. The fourth-order valence-corrected chi connectivity index (χ4v) is 3.35. The van der Waals surface area contributed by atoms with Gasteiger partial charge < -0.3 is 15.1 Å². The zero-order chi connectivity index (χ0) is 15.2. The molecule has 0 spiro atoms. The van der Waals surface area contributed by atoms with E-state index >= 15 is 0 Å². The summed E-state index contributed by atoms with van der Waals surface area (Å²) in [5, 5.41) is 2.72. The highest BCUT2D eigenvalue weighted by atomic mass is 32.2. The van der Waals surface area contributed by atoms with E-state index in [2.05, 4.69) is 10.2 Å². The van der Waals surface area contributed by atoms with Crippen molar-refractivity contribution in [3.8, 4) is 0 Å². The van der Waals surface area contributed by atoms with Crippen molar-refractivity contribution in [2.75, 3.05) is 66.2 Å². The van der Waals surface area contributed by atoms with E-state index in [4.69, 9.17) is 0 Å². The first-order valence-electron chi connectivity index (χ1n) is 6.89. The van der Waals surface area contributed by atoms with Gasteiger partial charge in [-0.2, -0.15) is 4.31 Å². The van der Waals surface area contributed by atoms with Crippen LogP contribution in [-0.4, -0.2) is 94.6 Å². The van der Waals surface area contributed by atoms with Gasteiger partial charge in [-0.3, -0.25) is 4.79 Å². The van der Waals surface area contributed by atoms with Gasteiger partial charge in [0.1, 0.15) is 0 Å². The average Bonchev–Trinajstić information content (AvgIpc) is 2.36. The summed E-state index contributed by atoms with van der Waals surface area (Å²) in [6.07, 6.45) is 0.0299. The Bertz CT molecular complexity index is 403. The van der Waals surface area contributed by atoms with Crippen molar-refractivity contribution in [2.24, 2.45) is 0 Å². The Hall–Kier alpha value is -0.700. The molecule has 1 amide bonds. The smallest absolute Gasteiger partial charge is 0.221 e. The average molecular weight is 306 g/mol. The minimum absolute atomic E-state index is 0.0299. The molecule has 0 aromatic heterocycles. The lowest BCUT2D eigenvalue weighted by Crippen LogP contribution is -2.48. The molecule has 0 aromatic rings.